The molecule has 15 heteroatoms. The van der Waals surface area contributed by atoms with E-state index in [9.17, 15) is 23.2 Å². The molecule has 1 unspecified atom stereocenters. The highest BCUT2D eigenvalue weighted by Crippen LogP contribution is 2.43. The van der Waals surface area contributed by atoms with Gasteiger partial charge in [-0.15, -0.1) is 23.1 Å². The summed E-state index contributed by atoms with van der Waals surface area (Å²) in [5.41, 5.74) is 5.92. The van der Waals surface area contributed by atoms with E-state index in [1.807, 2.05) is 164 Å². The van der Waals surface area contributed by atoms with Crippen LogP contribution < -0.4 is 10.6 Å². The van der Waals surface area contributed by atoms with Gasteiger partial charge < -0.3 is 20.2 Å². The Bertz CT molecular complexity index is 2900. The van der Waals surface area contributed by atoms with Crippen LogP contribution in [0.3, 0.4) is 0 Å². The number of ether oxygens (including phenoxy) is 1. The van der Waals surface area contributed by atoms with Crippen LogP contribution in [0.25, 0.3) is 0 Å². The normalized spacial score (nSPS) is 17.1. The molecule has 352 valence electrons. The summed E-state index contributed by atoms with van der Waals surface area (Å²) in [6.07, 6.45) is 0.0542. The Kier molecular flexibility index (Phi) is 13.6. The largest absolute Gasteiger partial charge is 0.448 e. The molecule has 0 spiro atoms. The van der Waals surface area contributed by atoms with Gasteiger partial charge in [-0.05, 0) is 50.9 Å². The van der Waals surface area contributed by atoms with E-state index < -0.39 is 53.2 Å². The fourth-order valence-corrected chi connectivity index (χ4v) is 11.5. The molecule has 2 N–H and O–H groups in total. The fourth-order valence-electron chi connectivity index (χ4n) is 9.39. The topological polar surface area (TPSA) is 125 Å². The Morgan fingerprint density at radius 1 is 0.757 bits per heavy atom. The number of hydrogen-bond donors (Lipinski definition) is 2. The lowest BCUT2D eigenvalue weighted by atomic mass is 9.77. The molecule has 3 aliphatic rings. The van der Waals surface area contributed by atoms with E-state index in [1.54, 1.807) is 0 Å². The third-order valence-corrected chi connectivity index (χ3v) is 14.8. The second-order valence-corrected chi connectivity index (χ2v) is 18.9. The van der Waals surface area contributed by atoms with Crippen LogP contribution >= 0.6 is 23.1 Å². The number of thiazole rings is 1. The van der Waals surface area contributed by atoms with Crippen molar-refractivity contribution in [2.75, 3.05) is 24.2 Å². The number of nitrogens with one attached hydrogen (secondary N) is 2. The van der Waals surface area contributed by atoms with Gasteiger partial charge in [-0.25, -0.2) is 9.78 Å². The number of oxime groups is 1. The van der Waals surface area contributed by atoms with Gasteiger partial charge in [0, 0.05) is 30.8 Å². The van der Waals surface area contributed by atoms with Gasteiger partial charge in [-0.1, -0.05) is 181 Å². The van der Waals surface area contributed by atoms with E-state index in [2.05, 4.69) is 37.7 Å². The number of nitrogens with zero attached hydrogens (tertiary/aromatic N) is 4. The molecule has 6 aromatic carbocycles. The van der Waals surface area contributed by atoms with Gasteiger partial charge in [0.25, 0.3) is 11.8 Å². The first-order chi connectivity index (χ1) is 34.3. The van der Waals surface area contributed by atoms with Crippen LogP contribution in [-0.4, -0.2) is 75.1 Å². The lowest BCUT2D eigenvalue weighted by molar-refractivity contribution is -0.154. The number of halogens is 2. The number of alkyl halides is 2. The molecule has 1 saturated heterocycles. The number of carbonyl (C=O) groups excluding carboxylic acids is 3. The summed E-state index contributed by atoms with van der Waals surface area (Å²) >= 11 is 2.54. The first-order valence-electron chi connectivity index (χ1n) is 22.8. The smallest absolute Gasteiger partial charge is 0.407 e. The van der Waals surface area contributed by atoms with E-state index in [0.717, 1.165) is 57.7 Å². The highest BCUT2D eigenvalue weighted by Gasteiger charge is 2.55. The standard InChI is InChI=1S/C55H46F2N6O5S2/c56-53(57)68-61-45(44-35-70-54(58-44)60-55(41-24-10-3-11-25-41,42-26-12-4-13-27-42)43-28-14-5-15-29-43)49(64)59-46-50(65)63-47(52(66)67-48(37-19-6-1-7-20-37)38-21-8-2-9-22-38)40(34-69-51(46)63)33-62-31-30-36-18-16-17-23-39(36)32-62/h1-29,35,46,48,51,53H,30-34H2,(H,58,60)(H,59,64)/t46?,51-/m1/s1. The molecule has 2 atom stereocenters. The molecule has 3 aliphatic heterocycles. The SMILES string of the molecule is O=C(NC1C(=O)N2C(C(=O)OC(c3ccccc3)c3ccccc3)=C(CN3CCc4ccccc4C3)CS[C@H]12)C(=NOC(F)F)c1csc(NC(c2ccccc2)(c2ccccc2)c2ccccc2)n1. The number of fused-ring (bicyclic) bond motifs is 2. The minimum absolute atomic E-state index is 0.0592. The van der Waals surface area contributed by atoms with E-state index >= 15 is 0 Å². The van der Waals surface area contributed by atoms with Crippen molar-refractivity contribution in [2.24, 2.45) is 5.16 Å². The molecule has 1 fully saturated rings. The van der Waals surface area contributed by atoms with Crippen molar-refractivity contribution in [1.29, 1.82) is 0 Å². The van der Waals surface area contributed by atoms with Crippen molar-refractivity contribution in [3.8, 4) is 0 Å². The van der Waals surface area contributed by atoms with Crippen LogP contribution in [0.1, 0.15) is 50.7 Å². The van der Waals surface area contributed by atoms with Crippen molar-refractivity contribution >= 4 is 51.7 Å². The lowest BCUT2D eigenvalue weighted by Crippen LogP contribution is -2.71. The third kappa shape index (κ3) is 9.47. The molecule has 0 bridgehead atoms. The van der Waals surface area contributed by atoms with E-state index in [1.165, 1.54) is 33.2 Å². The minimum Gasteiger partial charge on any atom is -0.448 e. The predicted octanol–water partition coefficient (Wildman–Crippen LogP) is 9.54. The van der Waals surface area contributed by atoms with Crippen molar-refractivity contribution in [3.05, 3.63) is 237 Å². The maximum Gasteiger partial charge on any atom is 0.407 e. The zero-order valence-corrected chi connectivity index (χ0v) is 39.2. The number of β-lactam (4-membered cyclic amide) rings is 1. The van der Waals surface area contributed by atoms with Gasteiger partial charge in [-0.2, -0.15) is 8.78 Å². The van der Waals surface area contributed by atoms with Crippen molar-refractivity contribution in [1.82, 2.24) is 20.1 Å². The molecule has 2 amide bonds. The molecular weight excluding hydrogens is 927 g/mol. The third-order valence-electron chi connectivity index (χ3n) is 12.7. The molecule has 1 aromatic heterocycles. The summed E-state index contributed by atoms with van der Waals surface area (Å²) in [5.74, 6) is -1.85. The molecule has 7 aromatic rings. The summed E-state index contributed by atoms with van der Waals surface area (Å²) in [6.45, 7) is -1.52. The van der Waals surface area contributed by atoms with Crippen LogP contribution in [0.15, 0.2) is 198 Å². The Morgan fingerprint density at radius 2 is 1.30 bits per heavy atom. The molecule has 0 saturated carbocycles. The highest BCUT2D eigenvalue weighted by atomic mass is 32.2. The minimum atomic E-state index is -3.35. The average Bonchev–Trinajstić information content (AvgIpc) is 3.87. The maximum atomic E-state index is 14.8. The zero-order valence-electron chi connectivity index (χ0n) is 37.6. The summed E-state index contributed by atoms with van der Waals surface area (Å²) in [7, 11) is 0. The van der Waals surface area contributed by atoms with Crippen LogP contribution in [0.4, 0.5) is 13.9 Å². The monoisotopic (exact) mass is 972 g/mol. The van der Waals surface area contributed by atoms with Gasteiger partial charge >= 0.3 is 12.6 Å². The fraction of sp³-hybridized carbons (Fsp3) is 0.182. The second-order valence-electron chi connectivity index (χ2n) is 17.0. The predicted molar refractivity (Wildman–Crippen MR) is 267 cm³/mol. The van der Waals surface area contributed by atoms with Gasteiger partial charge in [0.1, 0.15) is 28.3 Å². The summed E-state index contributed by atoms with van der Waals surface area (Å²) < 4.78 is 33.8. The molecule has 70 heavy (non-hydrogen) atoms. The Morgan fingerprint density at radius 3 is 1.87 bits per heavy atom. The molecule has 4 heterocycles. The van der Waals surface area contributed by atoms with Crippen LogP contribution in [-0.2, 0) is 42.5 Å². The van der Waals surface area contributed by atoms with E-state index in [0.29, 0.717) is 24.0 Å². The highest BCUT2D eigenvalue weighted by molar-refractivity contribution is 8.00. The molecule has 10 rings (SSSR count). The average molecular weight is 973 g/mol. The summed E-state index contributed by atoms with van der Waals surface area (Å²) in [6, 6.07) is 55.4. The Hall–Kier alpha value is -7.46. The van der Waals surface area contributed by atoms with Gasteiger partial charge in [-0.3, -0.25) is 19.4 Å². The van der Waals surface area contributed by atoms with Crippen LogP contribution in [0.5, 0.6) is 0 Å². The zero-order chi connectivity index (χ0) is 48.0. The number of benzene rings is 6. The number of rotatable bonds is 16. The molecule has 0 radical (unpaired) electrons. The van der Waals surface area contributed by atoms with Gasteiger partial charge in [0.05, 0.1) is 0 Å². The molecule has 0 aliphatic carbocycles. The van der Waals surface area contributed by atoms with Crippen molar-refractivity contribution in [2.45, 2.75) is 42.6 Å². The van der Waals surface area contributed by atoms with Crippen molar-refractivity contribution in [3.63, 3.8) is 0 Å². The van der Waals surface area contributed by atoms with E-state index in [4.69, 9.17) is 9.72 Å². The quantitative estimate of drug-likeness (QED) is 0.0320. The summed E-state index contributed by atoms with van der Waals surface area (Å²) in [5, 5.41) is 11.1. The van der Waals surface area contributed by atoms with Crippen molar-refractivity contribution < 1.29 is 32.7 Å². The lowest BCUT2D eigenvalue weighted by Gasteiger charge is -2.50. The van der Waals surface area contributed by atoms with Gasteiger partial charge in [0.2, 0.25) is 0 Å². The number of carbonyl (C=O) groups is 3. The Labute approximate surface area is 411 Å². The molecular formula is C55H46F2N6O5S2. The van der Waals surface area contributed by atoms with Crippen LogP contribution in [0, 0.1) is 0 Å². The second kappa shape index (κ2) is 20.6. The maximum absolute atomic E-state index is 14.8. The number of aromatic nitrogens is 1. The van der Waals surface area contributed by atoms with Crippen LogP contribution in [0.2, 0.25) is 0 Å². The number of anilines is 1. The number of thioether (sulfide) groups is 1. The number of esters is 1. The first kappa shape index (κ1) is 46.3. The first-order valence-corrected chi connectivity index (χ1v) is 24.7. The number of hydrogen-bond acceptors (Lipinski definition) is 11. The van der Waals surface area contributed by atoms with Gasteiger partial charge in [0.15, 0.2) is 16.9 Å². The molecule has 11 nitrogen and oxygen atoms in total. The summed E-state index contributed by atoms with van der Waals surface area (Å²) in [4.78, 5) is 56.4. The van der Waals surface area contributed by atoms with E-state index in [-0.39, 0.29) is 11.4 Å². The number of amides is 2. The Balaban J connectivity index is 0.940.